The average molecular weight is 415 g/mol. The van der Waals surface area contributed by atoms with Gasteiger partial charge in [-0.05, 0) is 64.8 Å². The van der Waals surface area contributed by atoms with Crippen LogP contribution in [0.2, 0.25) is 0 Å². The van der Waals surface area contributed by atoms with Crippen LogP contribution >= 0.6 is 0 Å². The van der Waals surface area contributed by atoms with Gasteiger partial charge < -0.3 is 10.4 Å². The van der Waals surface area contributed by atoms with Gasteiger partial charge in [0.05, 0.1) is 28.5 Å². The van der Waals surface area contributed by atoms with Crippen LogP contribution in [0.4, 0.5) is 0 Å². The standard InChI is InChI=1S/C23H34N4O3/c1-8-22(5,20(29)30)15-21(3,4)19-14-25-26-27(19)18-11-9-17(10-12-18)13-23(6,24-7)16(2)28/h9-12,14,24H,8,13,15H2,1-7H3,(H,29,30). The summed E-state index contributed by atoms with van der Waals surface area (Å²) in [5.41, 5.74) is 0.874. The first-order chi connectivity index (χ1) is 13.9. The molecule has 0 radical (unpaired) electrons. The maximum atomic E-state index is 12.0. The van der Waals surface area contributed by atoms with Gasteiger partial charge in [-0.3, -0.25) is 9.59 Å². The Kier molecular flexibility index (Phi) is 6.87. The predicted molar refractivity (Wildman–Crippen MR) is 117 cm³/mol. The second-order valence-electron chi connectivity index (χ2n) is 9.29. The number of rotatable bonds is 10. The lowest BCUT2D eigenvalue weighted by Crippen LogP contribution is -2.48. The fourth-order valence-corrected chi connectivity index (χ4v) is 3.86. The van der Waals surface area contributed by atoms with E-state index in [0.717, 1.165) is 16.9 Å². The number of aliphatic carboxylic acids is 1. The van der Waals surface area contributed by atoms with E-state index in [4.69, 9.17) is 0 Å². The molecule has 0 spiro atoms. The number of carboxylic acids is 1. The van der Waals surface area contributed by atoms with E-state index in [1.807, 2.05) is 52.0 Å². The molecule has 0 saturated heterocycles. The molecule has 0 aliphatic rings. The minimum absolute atomic E-state index is 0.0896. The Hall–Kier alpha value is -2.54. The topological polar surface area (TPSA) is 97.1 Å². The number of nitrogens with one attached hydrogen (secondary N) is 1. The molecule has 0 saturated carbocycles. The molecule has 0 amide bonds. The molecule has 0 fully saturated rings. The smallest absolute Gasteiger partial charge is 0.309 e. The van der Waals surface area contributed by atoms with E-state index in [0.29, 0.717) is 19.3 Å². The van der Waals surface area contributed by atoms with E-state index < -0.39 is 22.3 Å². The van der Waals surface area contributed by atoms with E-state index in [1.165, 1.54) is 0 Å². The summed E-state index contributed by atoms with van der Waals surface area (Å²) >= 11 is 0. The summed E-state index contributed by atoms with van der Waals surface area (Å²) in [5, 5.41) is 21.2. The largest absolute Gasteiger partial charge is 0.481 e. The summed E-state index contributed by atoms with van der Waals surface area (Å²) < 4.78 is 1.77. The molecule has 30 heavy (non-hydrogen) atoms. The monoisotopic (exact) mass is 414 g/mol. The number of hydrogen-bond donors (Lipinski definition) is 2. The molecule has 2 atom stereocenters. The van der Waals surface area contributed by atoms with Crippen molar-refractivity contribution in [2.45, 2.75) is 71.8 Å². The molecular weight excluding hydrogens is 380 g/mol. The van der Waals surface area contributed by atoms with E-state index >= 15 is 0 Å². The van der Waals surface area contributed by atoms with E-state index in [2.05, 4.69) is 15.6 Å². The molecule has 7 heteroatoms. The zero-order valence-corrected chi connectivity index (χ0v) is 19.1. The molecule has 0 bridgehead atoms. The Morgan fingerprint density at radius 2 is 1.73 bits per heavy atom. The molecule has 1 aromatic carbocycles. The number of ketones is 1. The van der Waals surface area contributed by atoms with Crippen LogP contribution in [0.5, 0.6) is 0 Å². The number of hydrogen-bond acceptors (Lipinski definition) is 5. The van der Waals surface area contributed by atoms with Crippen molar-refractivity contribution in [1.29, 1.82) is 0 Å². The number of carboxylic acid groups (broad SMARTS) is 1. The van der Waals surface area contributed by atoms with Crippen molar-refractivity contribution in [3.63, 3.8) is 0 Å². The third-order valence-corrected chi connectivity index (χ3v) is 6.44. The highest BCUT2D eigenvalue weighted by molar-refractivity contribution is 5.86. The second-order valence-corrected chi connectivity index (χ2v) is 9.29. The number of carbonyl (C=O) groups excluding carboxylic acids is 1. The Morgan fingerprint density at radius 3 is 2.20 bits per heavy atom. The van der Waals surface area contributed by atoms with Crippen molar-refractivity contribution in [3.05, 3.63) is 41.7 Å². The van der Waals surface area contributed by atoms with Crippen molar-refractivity contribution in [2.24, 2.45) is 5.41 Å². The van der Waals surface area contributed by atoms with Gasteiger partial charge in [0.25, 0.3) is 0 Å². The van der Waals surface area contributed by atoms with Crippen LogP contribution in [0.3, 0.4) is 0 Å². The fraction of sp³-hybridized carbons (Fsp3) is 0.565. The van der Waals surface area contributed by atoms with E-state index in [-0.39, 0.29) is 5.78 Å². The molecule has 2 aromatic rings. The van der Waals surface area contributed by atoms with Crippen LogP contribution in [-0.4, -0.2) is 44.4 Å². The number of aromatic nitrogens is 3. The van der Waals surface area contributed by atoms with Gasteiger partial charge in [-0.25, -0.2) is 4.68 Å². The first kappa shape index (κ1) is 23.7. The molecule has 1 aromatic heterocycles. The summed E-state index contributed by atoms with van der Waals surface area (Å²) in [6.45, 7) is 11.2. The van der Waals surface area contributed by atoms with Crippen LogP contribution in [0.25, 0.3) is 5.69 Å². The van der Waals surface area contributed by atoms with Crippen molar-refractivity contribution in [2.75, 3.05) is 7.05 Å². The lowest BCUT2D eigenvalue weighted by molar-refractivity contribution is -0.149. The fourth-order valence-electron chi connectivity index (χ4n) is 3.86. The highest BCUT2D eigenvalue weighted by Crippen LogP contribution is 2.39. The van der Waals surface area contributed by atoms with Gasteiger partial charge in [-0.15, -0.1) is 5.10 Å². The predicted octanol–water partition coefficient (Wildman–Crippen LogP) is 3.55. The summed E-state index contributed by atoms with van der Waals surface area (Å²) in [6, 6.07) is 7.88. The van der Waals surface area contributed by atoms with Gasteiger partial charge in [0, 0.05) is 5.41 Å². The molecular formula is C23H34N4O3. The van der Waals surface area contributed by atoms with Gasteiger partial charge in [-0.2, -0.15) is 0 Å². The zero-order valence-electron chi connectivity index (χ0n) is 19.1. The highest BCUT2D eigenvalue weighted by Gasteiger charge is 2.40. The number of likely N-dealkylation sites (N-methyl/N-ethyl adjacent to an activating group) is 1. The van der Waals surface area contributed by atoms with Gasteiger partial charge in [-0.1, -0.05) is 38.1 Å². The third kappa shape index (κ3) is 4.78. The van der Waals surface area contributed by atoms with Crippen LogP contribution in [0, 0.1) is 5.41 Å². The van der Waals surface area contributed by atoms with Crippen molar-refractivity contribution < 1.29 is 14.7 Å². The molecule has 0 aliphatic heterocycles. The lowest BCUT2D eigenvalue weighted by atomic mass is 9.71. The van der Waals surface area contributed by atoms with Crippen molar-refractivity contribution in [1.82, 2.24) is 20.3 Å². The Bertz CT molecular complexity index is 903. The number of benzene rings is 1. The van der Waals surface area contributed by atoms with Crippen LogP contribution in [0.15, 0.2) is 30.5 Å². The van der Waals surface area contributed by atoms with Crippen LogP contribution < -0.4 is 5.32 Å². The molecule has 2 rings (SSSR count). The van der Waals surface area contributed by atoms with Gasteiger partial charge in [0.15, 0.2) is 0 Å². The lowest BCUT2D eigenvalue weighted by Gasteiger charge is -2.34. The summed E-state index contributed by atoms with van der Waals surface area (Å²) in [5.74, 6) is -0.703. The summed E-state index contributed by atoms with van der Waals surface area (Å²) in [6.07, 6.45) is 3.31. The maximum Gasteiger partial charge on any atom is 0.309 e. The van der Waals surface area contributed by atoms with Gasteiger partial charge in [0.1, 0.15) is 5.78 Å². The summed E-state index contributed by atoms with van der Waals surface area (Å²) in [7, 11) is 1.79. The quantitative estimate of drug-likeness (QED) is 0.617. The Morgan fingerprint density at radius 1 is 1.13 bits per heavy atom. The Balaban J connectivity index is 2.32. The minimum atomic E-state index is -0.827. The molecule has 1 heterocycles. The van der Waals surface area contributed by atoms with E-state index in [9.17, 15) is 14.7 Å². The van der Waals surface area contributed by atoms with Crippen LogP contribution in [0.1, 0.15) is 65.6 Å². The first-order valence-corrected chi connectivity index (χ1v) is 10.3. The highest BCUT2D eigenvalue weighted by atomic mass is 16.4. The zero-order chi connectivity index (χ0) is 22.7. The SMILES string of the molecule is CCC(C)(CC(C)(C)c1cnnn1-c1ccc(CC(C)(NC)C(C)=O)cc1)C(=O)O. The van der Waals surface area contributed by atoms with Crippen molar-refractivity contribution >= 4 is 11.8 Å². The molecule has 0 aliphatic carbocycles. The van der Waals surface area contributed by atoms with Crippen molar-refractivity contribution in [3.8, 4) is 5.69 Å². The van der Waals surface area contributed by atoms with Gasteiger partial charge >= 0.3 is 5.97 Å². The third-order valence-electron chi connectivity index (χ3n) is 6.44. The first-order valence-electron chi connectivity index (χ1n) is 10.3. The number of nitrogens with zero attached hydrogens (tertiary/aromatic N) is 3. The normalized spacial score (nSPS) is 16.0. The Labute approximate surface area is 178 Å². The maximum absolute atomic E-state index is 12.0. The summed E-state index contributed by atoms with van der Waals surface area (Å²) in [4.78, 5) is 23.8. The van der Waals surface area contributed by atoms with E-state index in [1.54, 1.807) is 31.8 Å². The van der Waals surface area contributed by atoms with Crippen LogP contribution in [-0.2, 0) is 21.4 Å². The number of Topliss-reactive ketones (excluding diaryl/α,β-unsaturated/α-hetero) is 1. The molecule has 2 unspecified atom stereocenters. The molecule has 2 N–H and O–H groups in total. The second kappa shape index (κ2) is 8.68. The van der Waals surface area contributed by atoms with Gasteiger partial charge in [0.2, 0.25) is 0 Å². The average Bonchev–Trinajstić information content (AvgIpc) is 3.18. The molecule has 7 nitrogen and oxygen atoms in total. The number of carbonyl (C=O) groups is 2. The minimum Gasteiger partial charge on any atom is -0.481 e. The molecule has 164 valence electrons.